The molecule has 1 aliphatic heterocycles. The molecular weight excluding hydrogens is 360 g/mol. The van der Waals surface area contributed by atoms with Gasteiger partial charge in [-0.1, -0.05) is 80.1 Å². The van der Waals surface area contributed by atoms with E-state index in [-0.39, 0.29) is 17.9 Å². The Morgan fingerprint density at radius 1 is 0.966 bits per heavy atom. The van der Waals surface area contributed by atoms with Crippen LogP contribution in [-0.2, 0) is 11.3 Å². The fourth-order valence-corrected chi connectivity index (χ4v) is 4.59. The zero-order valence-corrected chi connectivity index (χ0v) is 17.2. The smallest absolute Gasteiger partial charge is 0.255 e. The van der Waals surface area contributed by atoms with Crippen molar-refractivity contribution in [2.45, 2.75) is 70.5 Å². The number of nitrogens with one attached hydrogen (secondary N) is 1. The Kier molecular flexibility index (Phi) is 5.98. The Labute approximate surface area is 173 Å². The summed E-state index contributed by atoms with van der Waals surface area (Å²) in [7, 11) is 0. The zero-order valence-electron chi connectivity index (χ0n) is 17.2. The van der Waals surface area contributed by atoms with Crippen molar-refractivity contribution in [1.82, 2.24) is 10.2 Å². The van der Waals surface area contributed by atoms with Crippen LogP contribution >= 0.6 is 0 Å². The molecule has 0 unspecified atom stereocenters. The number of rotatable bonds is 4. The zero-order chi connectivity index (χ0) is 20.2. The van der Waals surface area contributed by atoms with Gasteiger partial charge in [-0.25, -0.2) is 0 Å². The molecule has 1 saturated carbocycles. The summed E-state index contributed by atoms with van der Waals surface area (Å²) in [6.45, 7) is 2.49. The van der Waals surface area contributed by atoms with E-state index in [1.807, 2.05) is 55.5 Å². The van der Waals surface area contributed by atoms with Crippen LogP contribution in [0.3, 0.4) is 0 Å². The number of amides is 2. The number of hydrogen-bond donors (Lipinski definition) is 1. The number of nitrogens with zero attached hydrogens (tertiary/aromatic N) is 1. The van der Waals surface area contributed by atoms with Crippen LogP contribution in [0.2, 0.25) is 0 Å². The lowest BCUT2D eigenvalue weighted by Gasteiger charge is -2.28. The molecule has 2 amide bonds. The lowest BCUT2D eigenvalue weighted by molar-refractivity contribution is -0.126. The molecule has 29 heavy (non-hydrogen) atoms. The van der Waals surface area contributed by atoms with Gasteiger partial charge in [-0.2, -0.15) is 0 Å². The summed E-state index contributed by atoms with van der Waals surface area (Å²) in [6, 6.07) is 15.4. The van der Waals surface area contributed by atoms with E-state index in [0.29, 0.717) is 12.1 Å². The van der Waals surface area contributed by atoms with E-state index in [0.717, 1.165) is 36.8 Å². The van der Waals surface area contributed by atoms with E-state index in [4.69, 9.17) is 0 Å². The Morgan fingerprint density at radius 3 is 2.34 bits per heavy atom. The Balaban J connectivity index is 1.57. The predicted octanol–water partition coefficient (Wildman–Crippen LogP) is 4.92. The summed E-state index contributed by atoms with van der Waals surface area (Å²) in [5.41, 5.74) is 3.70. The van der Waals surface area contributed by atoms with Crippen molar-refractivity contribution in [2.75, 3.05) is 0 Å². The van der Waals surface area contributed by atoms with Crippen LogP contribution in [0, 0.1) is 6.92 Å². The maximum absolute atomic E-state index is 13.4. The van der Waals surface area contributed by atoms with Crippen molar-refractivity contribution in [3.8, 4) is 0 Å². The molecule has 2 aliphatic rings. The molecule has 0 aromatic heterocycles. The summed E-state index contributed by atoms with van der Waals surface area (Å²) in [4.78, 5) is 28.2. The maximum atomic E-state index is 13.4. The number of aryl methyl sites for hydroxylation is 1. The van der Waals surface area contributed by atoms with E-state index >= 15 is 0 Å². The Morgan fingerprint density at radius 2 is 1.62 bits per heavy atom. The summed E-state index contributed by atoms with van der Waals surface area (Å²) in [5.74, 6) is -0.0972. The molecule has 1 atom stereocenters. The monoisotopic (exact) mass is 390 g/mol. The van der Waals surface area contributed by atoms with E-state index < -0.39 is 6.04 Å². The topological polar surface area (TPSA) is 49.4 Å². The minimum absolute atomic E-state index is 0.0408. The second kappa shape index (κ2) is 8.81. The van der Waals surface area contributed by atoms with E-state index in [2.05, 4.69) is 5.32 Å². The maximum Gasteiger partial charge on any atom is 0.255 e. The Bertz CT molecular complexity index is 867. The molecule has 1 heterocycles. The summed E-state index contributed by atoms with van der Waals surface area (Å²) >= 11 is 0. The third-order valence-corrected chi connectivity index (χ3v) is 6.23. The SMILES string of the molecule is Cc1ccc(CN2C(=O)c3ccccc3[C@@H]2C(=O)NC2CCCCCCC2)cc1. The van der Waals surface area contributed by atoms with Gasteiger partial charge in [-0.15, -0.1) is 0 Å². The van der Waals surface area contributed by atoms with E-state index in [1.165, 1.54) is 24.8 Å². The van der Waals surface area contributed by atoms with Gasteiger partial charge in [0, 0.05) is 18.2 Å². The van der Waals surface area contributed by atoms with Gasteiger partial charge in [-0.3, -0.25) is 9.59 Å². The Hall–Kier alpha value is -2.62. The van der Waals surface area contributed by atoms with Gasteiger partial charge in [0.05, 0.1) is 0 Å². The molecule has 0 bridgehead atoms. The first-order chi connectivity index (χ1) is 14.1. The van der Waals surface area contributed by atoms with Crippen LogP contribution in [-0.4, -0.2) is 22.8 Å². The van der Waals surface area contributed by atoms with Gasteiger partial charge in [0.15, 0.2) is 0 Å². The molecule has 4 nitrogen and oxygen atoms in total. The van der Waals surface area contributed by atoms with E-state index in [1.54, 1.807) is 4.90 Å². The van der Waals surface area contributed by atoms with Crippen molar-refractivity contribution >= 4 is 11.8 Å². The van der Waals surface area contributed by atoms with Crippen LogP contribution in [0.15, 0.2) is 48.5 Å². The lowest BCUT2D eigenvalue weighted by Crippen LogP contribution is -2.43. The van der Waals surface area contributed by atoms with Gasteiger partial charge < -0.3 is 10.2 Å². The first kappa shape index (κ1) is 19.7. The highest BCUT2D eigenvalue weighted by atomic mass is 16.2. The number of fused-ring (bicyclic) bond motifs is 1. The van der Waals surface area contributed by atoms with Crippen molar-refractivity contribution in [1.29, 1.82) is 0 Å². The summed E-state index contributed by atoms with van der Waals surface area (Å²) < 4.78 is 0. The third-order valence-electron chi connectivity index (χ3n) is 6.23. The molecular formula is C25H30N2O2. The second-order valence-electron chi connectivity index (χ2n) is 8.46. The lowest BCUT2D eigenvalue weighted by atomic mass is 9.96. The molecule has 0 radical (unpaired) electrons. The molecule has 1 aliphatic carbocycles. The van der Waals surface area contributed by atoms with Crippen LogP contribution in [0.4, 0.5) is 0 Å². The number of carbonyl (C=O) groups excluding carboxylic acids is 2. The average Bonchev–Trinajstić information content (AvgIpc) is 2.98. The second-order valence-corrected chi connectivity index (χ2v) is 8.46. The van der Waals surface area contributed by atoms with Crippen molar-refractivity contribution < 1.29 is 9.59 Å². The van der Waals surface area contributed by atoms with Crippen LogP contribution in [0.1, 0.15) is 78.0 Å². The molecule has 2 aromatic carbocycles. The van der Waals surface area contributed by atoms with Crippen molar-refractivity contribution in [3.63, 3.8) is 0 Å². The highest BCUT2D eigenvalue weighted by molar-refractivity contribution is 6.04. The predicted molar refractivity (Wildman–Crippen MR) is 114 cm³/mol. The number of carbonyl (C=O) groups is 2. The first-order valence-electron chi connectivity index (χ1n) is 10.9. The largest absolute Gasteiger partial charge is 0.351 e. The highest BCUT2D eigenvalue weighted by Gasteiger charge is 2.41. The standard InChI is InChI=1S/C25H30N2O2/c1-18-13-15-19(16-14-18)17-27-23(21-11-7-8-12-22(21)25(27)29)24(28)26-20-9-5-3-2-4-6-10-20/h7-8,11-16,20,23H,2-6,9-10,17H2,1H3,(H,26,28)/t23-/m1/s1. The molecule has 0 saturated heterocycles. The van der Waals surface area contributed by atoms with E-state index in [9.17, 15) is 9.59 Å². The minimum Gasteiger partial charge on any atom is -0.351 e. The van der Waals surface area contributed by atoms with Crippen LogP contribution in [0.5, 0.6) is 0 Å². The first-order valence-corrected chi connectivity index (χ1v) is 10.9. The van der Waals surface area contributed by atoms with Gasteiger partial charge in [0.1, 0.15) is 6.04 Å². The minimum atomic E-state index is -0.551. The highest BCUT2D eigenvalue weighted by Crippen LogP contribution is 2.35. The summed E-state index contributed by atoms with van der Waals surface area (Å²) in [6.07, 6.45) is 8.19. The van der Waals surface area contributed by atoms with Gasteiger partial charge in [0.25, 0.3) is 5.91 Å². The van der Waals surface area contributed by atoms with Crippen LogP contribution in [0.25, 0.3) is 0 Å². The fraction of sp³-hybridized carbons (Fsp3) is 0.440. The van der Waals surface area contributed by atoms with Crippen molar-refractivity contribution in [2.24, 2.45) is 0 Å². The van der Waals surface area contributed by atoms with Gasteiger partial charge in [0.2, 0.25) is 5.91 Å². The summed E-state index contributed by atoms with van der Waals surface area (Å²) in [5, 5.41) is 3.28. The molecule has 2 aromatic rings. The molecule has 1 N–H and O–H groups in total. The molecule has 1 fully saturated rings. The van der Waals surface area contributed by atoms with Gasteiger partial charge >= 0.3 is 0 Å². The fourth-order valence-electron chi connectivity index (χ4n) is 4.59. The molecule has 4 heteroatoms. The average molecular weight is 391 g/mol. The molecule has 152 valence electrons. The number of hydrogen-bond acceptors (Lipinski definition) is 2. The normalized spacial score (nSPS) is 20.1. The van der Waals surface area contributed by atoms with Crippen molar-refractivity contribution in [3.05, 3.63) is 70.8 Å². The number of benzene rings is 2. The molecule has 0 spiro atoms. The quantitative estimate of drug-likeness (QED) is 0.805. The van der Waals surface area contributed by atoms with Crippen LogP contribution < -0.4 is 5.32 Å². The third kappa shape index (κ3) is 4.36. The molecule has 4 rings (SSSR count). The van der Waals surface area contributed by atoms with Gasteiger partial charge in [-0.05, 0) is 37.0 Å².